The van der Waals surface area contributed by atoms with E-state index in [-0.39, 0.29) is 6.04 Å². The zero-order chi connectivity index (χ0) is 13.2. The fourth-order valence-corrected chi connectivity index (χ4v) is 3.79. The molecule has 0 radical (unpaired) electrons. The Hall–Kier alpha value is -0.930. The lowest BCUT2D eigenvalue weighted by molar-refractivity contribution is 0.0593. The van der Waals surface area contributed by atoms with Gasteiger partial charge in [0, 0.05) is 12.4 Å². The molecular formula is C16H25N3. The van der Waals surface area contributed by atoms with Gasteiger partial charge in [0.1, 0.15) is 0 Å². The summed E-state index contributed by atoms with van der Waals surface area (Å²) >= 11 is 0. The molecule has 1 atom stereocenters. The van der Waals surface area contributed by atoms with E-state index in [0.717, 1.165) is 11.8 Å². The SMILES string of the molecule is Cc1ccncc1C(NN)C(C1CCC1)C1CCC1. The normalized spacial score (nSPS) is 22.1. The molecule has 0 saturated heterocycles. The van der Waals surface area contributed by atoms with Crippen LogP contribution in [0.15, 0.2) is 18.5 Å². The minimum Gasteiger partial charge on any atom is -0.271 e. The van der Waals surface area contributed by atoms with Crippen molar-refractivity contribution in [2.45, 2.75) is 51.5 Å². The summed E-state index contributed by atoms with van der Waals surface area (Å²) in [6.07, 6.45) is 12.2. The van der Waals surface area contributed by atoms with Gasteiger partial charge in [-0.3, -0.25) is 16.3 Å². The van der Waals surface area contributed by atoms with E-state index in [2.05, 4.69) is 23.4 Å². The van der Waals surface area contributed by atoms with E-state index < -0.39 is 0 Å². The number of nitrogens with zero attached hydrogens (tertiary/aromatic N) is 1. The molecule has 0 spiro atoms. The number of rotatable bonds is 5. The molecule has 3 rings (SSSR count). The van der Waals surface area contributed by atoms with Gasteiger partial charge in [0.15, 0.2) is 0 Å². The van der Waals surface area contributed by atoms with Gasteiger partial charge in [-0.15, -0.1) is 0 Å². The van der Waals surface area contributed by atoms with Crippen LogP contribution in [-0.2, 0) is 0 Å². The monoisotopic (exact) mass is 259 g/mol. The number of aryl methyl sites for hydroxylation is 1. The Morgan fingerprint density at radius 2 is 1.84 bits per heavy atom. The highest BCUT2D eigenvalue weighted by Gasteiger charge is 2.41. The molecule has 2 fully saturated rings. The molecule has 1 aromatic heterocycles. The van der Waals surface area contributed by atoms with Crippen molar-refractivity contribution in [3.05, 3.63) is 29.6 Å². The van der Waals surface area contributed by atoms with Gasteiger partial charge in [-0.2, -0.15) is 0 Å². The van der Waals surface area contributed by atoms with Crippen molar-refractivity contribution in [3.63, 3.8) is 0 Å². The van der Waals surface area contributed by atoms with Gasteiger partial charge in [0.05, 0.1) is 6.04 Å². The summed E-state index contributed by atoms with van der Waals surface area (Å²) < 4.78 is 0. The molecule has 0 bridgehead atoms. The van der Waals surface area contributed by atoms with Crippen molar-refractivity contribution < 1.29 is 0 Å². The molecule has 1 aromatic rings. The molecule has 104 valence electrons. The molecular weight excluding hydrogens is 234 g/mol. The Morgan fingerprint density at radius 3 is 2.26 bits per heavy atom. The standard InChI is InChI=1S/C16H25N3/c1-11-8-9-18-10-14(11)16(19-17)15(12-4-2-5-12)13-6-3-7-13/h8-10,12-13,15-16,19H,2-7,17H2,1H3. The van der Waals surface area contributed by atoms with Gasteiger partial charge in [0.25, 0.3) is 0 Å². The van der Waals surface area contributed by atoms with Crippen molar-refractivity contribution >= 4 is 0 Å². The summed E-state index contributed by atoms with van der Waals surface area (Å²) in [5.41, 5.74) is 5.72. The van der Waals surface area contributed by atoms with Crippen molar-refractivity contribution in [2.75, 3.05) is 0 Å². The number of nitrogens with one attached hydrogen (secondary N) is 1. The van der Waals surface area contributed by atoms with E-state index in [0.29, 0.717) is 5.92 Å². The summed E-state index contributed by atoms with van der Waals surface area (Å²) in [5, 5.41) is 0. The second kappa shape index (κ2) is 5.59. The fraction of sp³-hybridized carbons (Fsp3) is 0.688. The van der Waals surface area contributed by atoms with Gasteiger partial charge < -0.3 is 0 Å². The Labute approximate surface area is 116 Å². The van der Waals surface area contributed by atoms with Gasteiger partial charge in [-0.1, -0.05) is 38.5 Å². The molecule has 3 N–H and O–H groups in total. The predicted molar refractivity (Wildman–Crippen MR) is 77.2 cm³/mol. The summed E-state index contributed by atoms with van der Waals surface area (Å²) in [4.78, 5) is 4.31. The lowest BCUT2D eigenvalue weighted by atomic mass is 9.61. The number of hydrazine groups is 1. The van der Waals surface area contributed by atoms with Crippen LogP contribution in [0.4, 0.5) is 0 Å². The number of hydrogen-bond donors (Lipinski definition) is 2. The average Bonchev–Trinajstić information content (AvgIpc) is 2.28. The molecule has 19 heavy (non-hydrogen) atoms. The first-order valence-electron chi connectivity index (χ1n) is 7.68. The average molecular weight is 259 g/mol. The van der Waals surface area contributed by atoms with Crippen LogP contribution in [0.1, 0.15) is 55.7 Å². The van der Waals surface area contributed by atoms with E-state index in [4.69, 9.17) is 5.84 Å². The Morgan fingerprint density at radius 1 is 1.21 bits per heavy atom. The molecule has 0 amide bonds. The third-order valence-electron chi connectivity index (χ3n) is 5.37. The van der Waals surface area contributed by atoms with Crippen molar-refractivity contribution in [2.24, 2.45) is 23.6 Å². The first-order chi connectivity index (χ1) is 9.31. The lowest BCUT2D eigenvalue weighted by Gasteiger charge is -2.46. The van der Waals surface area contributed by atoms with E-state index in [1.807, 2.05) is 12.4 Å². The number of hydrogen-bond acceptors (Lipinski definition) is 3. The maximum absolute atomic E-state index is 5.93. The van der Waals surface area contributed by atoms with Crippen LogP contribution in [0, 0.1) is 24.7 Å². The Kier molecular flexibility index (Phi) is 3.85. The molecule has 2 aliphatic rings. The molecule has 1 unspecified atom stereocenters. The minimum atomic E-state index is 0.282. The quantitative estimate of drug-likeness (QED) is 0.631. The van der Waals surface area contributed by atoms with Crippen LogP contribution in [0.5, 0.6) is 0 Å². The first-order valence-corrected chi connectivity index (χ1v) is 7.68. The smallest absolute Gasteiger partial charge is 0.0511 e. The number of aromatic nitrogens is 1. The maximum atomic E-state index is 5.93. The van der Waals surface area contributed by atoms with Gasteiger partial charge in [-0.05, 0) is 41.9 Å². The van der Waals surface area contributed by atoms with Crippen LogP contribution in [0.3, 0.4) is 0 Å². The molecule has 3 nitrogen and oxygen atoms in total. The van der Waals surface area contributed by atoms with Gasteiger partial charge >= 0.3 is 0 Å². The third kappa shape index (κ3) is 2.41. The third-order valence-corrected chi connectivity index (χ3v) is 5.37. The molecule has 0 aromatic carbocycles. The first kappa shape index (κ1) is 13.1. The zero-order valence-electron chi connectivity index (χ0n) is 11.8. The van der Waals surface area contributed by atoms with Crippen LogP contribution in [0.2, 0.25) is 0 Å². The highest BCUT2D eigenvalue weighted by molar-refractivity contribution is 5.26. The fourth-order valence-electron chi connectivity index (χ4n) is 3.79. The Balaban J connectivity index is 1.87. The molecule has 2 saturated carbocycles. The summed E-state index contributed by atoms with van der Waals surface area (Å²) in [5.74, 6) is 8.37. The zero-order valence-corrected chi connectivity index (χ0v) is 11.8. The molecule has 3 heteroatoms. The highest BCUT2D eigenvalue weighted by Crippen LogP contribution is 2.49. The topological polar surface area (TPSA) is 50.9 Å². The van der Waals surface area contributed by atoms with E-state index in [1.54, 1.807) is 0 Å². The molecule has 0 aliphatic heterocycles. The summed E-state index contributed by atoms with van der Waals surface area (Å²) in [7, 11) is 0. The highest BCUT2D eigenvalue weighted by atomic mass is 15.2. The van der Waals surface area contributed by atoms with E-state index >= 15 is 0 Å². The maximum Gasteiger partial charge on any atom is 0.0511 e. The van der Waals surface area contributed by atoms with E-state index in [9.17, 15) is 0 Å². The molecule has 2 aliphatic carbocycles. The second-order valence-electron chi connectivity index (χ2n) is 6.34. The number of pyridine rings is 1. The summed E-state index contributed by atoms with van der Waals surface area (Å²) in [6, 6.07) is 2.38. The van der Waals surface area contributed by atoms with Crippen LogP contribution in [-0.4, -0.2) is 4.98 Å². The summed E-state index contributed by atoms with van der Waals surface area (Å²) in [6.45, 7) is 2.17. The largest absolute Gasteiger partial charge is 0.271 e. The molecule has 1 heterocycles. The van der Waals surface area contributed by atoms with Gasteiger partial charge in [0.2, 0.25) is 0 Å². The van der Waals surface area contributed by atoms with Crippen molar-refractivity contribution in [1.29, 1.82) is 0 Å². The van der Waals surface area contributed by atoms with E-state index in [1.165, 1.54) is 49.7 Å². The van der Waals surface area contributed by atoms with Crippen LogP contribution in [0.25, 0.3) is 0 Å². The second-order valence-corrected chi connectivity index (χ2v) is 6.34. The number of nitrogens with two attached hydrogens (primary N) is 1. The Bertz CT molecular complexity index is 410. The minimum absolute atomic E-state index is 0.282. The lowest BCUT2D eigenvalue weighted by Crippen LogP contribution is -2.44. The van der Waals surface area contributed by atoms with Crippen LogP contribution >= 0.6 is 0 Å². The predicted octanol–water partition coefficient (Wildman–Crippen LogP) is 3.11. The van der Waals surface area contributed by atoms with Crippen LogP contribution < -0.4 is 11.3 Å². The van der Waals surface area contributed by atoms with Crippen molar-refractivity contribution in [1.82, 2.24) is 10.4 Å². The van der Waals surface area contributed by atoms with Gasteiger partial charge in [-0.25, -0.2) is 0 Å². The van der Waals surface area contributed by atoms with Crippen molar-refractivity contribution in [3.8, 4) is 0 Å².